The number of piperidine rings is 1. The van der Waals surface area contributed by atoms with Gasteiger partial charge in [-0.2, -0.15) is 0 Å². The molecule has 2 aliphatic heterocycles. The lowest BCUT2D eigenvalue weighted by atomic mass is 9.48. The molecule has 0 unspecified atom stereocenters. The largest absolute Gasteiger partial charge is 0.504 e. The van der Waals surface area contributed by atoms with Crippen molar-refractivity contribution in [2.24, 2.45) is 5.92 Å². The number of aromatic hydroxyl groups is 1. The fraction of sp³-hybridized carbons (Fsp3) is 0.536. The molecule has 1 spiro atoms. The molecule has 35 heavy (non-hydrogen) atoms. The van der Waals surface area contributed by atoms with Gasteiger partial charge in [0.2, 0.25) is 5.91 Å². The lowest BCUT2D eigenvalue weighted by molar-refractivity contribution is -0.200. The monoisotopic (exact) mass is 478 g/mol. The Morgan fingerprint density at radius 3 is 2.89 bits per heavy atom. The van der Waals surface area contributed by atoms with Crippen molar-refractivity contribution in [3.63, 3.8) is 0 Å². The maximum absolute atomic E-state index is 13.2. The van der Waals surface area contributed by atoms with Crippen LogP contribution in [0.3, 0.4) is 0 Å². The molecule has 1 saturated carbocycles. The number of phenolic OH excluding ortho intramolecular Hbond substituents is 1. The fourth-order valence-corrected chi connectivity index (χ4v) is 7.51. The van der Waals surface area contributed by atoms with Crippen LogP contribution in [0.4, 0.5) is 0 Å². The van der Waals surface area contributed by atoms with Gasteiger partial charge in [0.15, 0.2) is 11.5 Å². The SMILES string of the molecule is CC(C)CN1CC[C@]23c4c5ccc(O)c4O[C@H]2[C@H](N(C)C(=O)C=Cc2ccoc2)CC[C@@]3(O)[C@H]1C5. The quantitative estimate of drug-likeness (QED) is 0.641. The van der Waals surface area contributed by atoms with Gasteiger partial charge in [-0.3, -0.25) is 9.69 Å². The number of likely N-dealkylation sites (tertiary alicyclic amines) is 1. The van der Waals surface area contributed by atoms with Crippen LogP contribution in [-0.4, -0.2) is 69.8 Å². The molecule has 186 valence electrons. The number of benzene rings is 1. The third-order valence-corrected chi connectivity index (χ3v) is 8.95. The molecule has 2 fully saturated rings. The minimum Gasteiger partial charge on any atom is -0.504 e. The van der Waals surface area contributed by atoms with Crippen molar-refractivity contribution in [2.45, 2.75) is 68.7 Å². The summed E-state index contributed by atoms with van der Waals surface area (Å²) in [4.78, 5) is 17.4. The second kappa shape index (κ2) is 7.87. The predicted octanol–water partition coefficient (Wildman–Crippen LogP) is 3.34. The molecule has 1 amide bonds. The van der Waals surface area contributed by atoms with Gasteiger partial charge in [0, 0.05) is 36.8 Å². The van der Waals surface area contributed by atoms with E-state index < -0.39 is 17.1 Å². The van der Waals surface area contributed by atoms with Crippen LogP contribution in [0.1, 0.15) is 49.8 Å². The van der Waals surface area contributed by atoms with Crippen LogP contribution in [0.2, 0.25) is 0 Å². The summed E-state index contributed by atoms with van der Waals surface area (Å²) >= 11 is 0. The molecule has 1 saturated heterocycles. The average molecular weight is 479 g/mol. The second-order valence-corrected chi connectivity index (χ2v) is 11.2. The van der Waals surface area contributed by atoms with Crippen LogP contribution in [0.25, 0.3) is 6.08 Å². The molecular weight excluding hydrogens is 444 g/mol. The highest BCUT2D eigenvalue weighted by atomic mass is 16.5. The molecule has 4 aliphatic rings. The fourth-order valence-electron chi connectivity index (χ4n) is 7.51. The Kier molecular flexibility index (Phi) is 5.10. The Morgan fingerprint density at radius 1 is 1.31 bits per heavy atom. The summed E-state index contributed by atoms with van der Waals surface area (Å²) < 4.78 is 11.7. The van der Waals surface area contributed by atoms with Gasteiger partial charge in [-0.05, 0) is 61.9 Å². The Labute approximate surface area is 206 Å². The first kappa shape index (κ1) is 22.7. The van der Waals surface area contributed by atoms with Gasteiger partial charge in [-0.15, -0.1) is 0 Å². The number of rotatable bonds is 5. The normalized spacial score (nSPS) is 33.1. The lowest BCUT2D eigenvalue weighted by Crippen LogP contribution is -2.78. The summed E-state index contributed by atoms with van der Waals surface area (Å²) in [5, 5.41) is 23.3. The number of likely N-dealkylation sites (N-methyl/N-ethyl adjacent to an activating group) is 1. The Morgan fingerprint density at radius 2 is 2.14 bits per heavy atom. The van der Waals surface area contributed by atoms with Gasteiger partial charge in [0.25, 0.3) is 0 Å². The highest BCUT2D eigenvalue weighted by Crippen LogP contribution is 2.65. The third kappa shape index (κ3) is 3.07. The maximum Gasteiger partial charge on any atom is 0.246 e. The van der Waals surface area contributed by atoms with E-state index in [0.29, 0.717) is 24.5 Å². The van der Waals surface area contributed by atoms with Crippen LogP contribution in [-0.2, 0) is 16.6 Å². The Bertz CT molecular complexity index is 1170. The van der Waals surface area contributed by atoms with Crippen molar-refractivity contribution in [3.05, 3.63) is 53.5 Å². The smallest absolute Gasteiger partial charge is 0.246 e. The highest BCUT2D eigenvalue weighted by molar-refractivity contribution is 5.91. The number of ether oxygens (including phenoxy) is 1. The van der Waals surface area contributed by atoms with Crippen LogP contribution in [0, 0.1) is 5.92 Å². The third-order valence-electron chi connectivity index (χ3n) is 8.95. The second-order valence-electron chi connectivity index (χ2n) is 11.2. The molecule has 7 heteroatoms. The van der Waals surface area contributed by atoms with Crippen molar-refractivity contribution in [3.8, 4) is 11.5 Å². The molecule has 1 aromatic heterocycles. The number of phenols is 1. The average Bonchev–Trinajstić information content (AvgIpc) is 3.46. The summed E-state index contributed by atoms with van der Waals surface area (Å²) in [6.07, 6.45) is 8.78. The van der Waals surface area contributed by atoms with E-state index in [-0.39, 0.29) is 23.7 Å². The minimum atomic E-state index is -0.968. The summed E-state index contributed by atoms with van der Waals surface area (Å²) in [6, 6.07) is 5.30. The van der Waals surface area contributed by atoms with Crippen LogP contribution in [0.15, 0.2) is 41.2 Å². The number of hydrogen-bond donors (Lipinski definition) is 2. The number of aliphatic hydroxyl groups is 1. The number of amides is 1. The molecule has 6 rings (SSSR count). The first-order chi connectivity index (χ1) is 16.8. The summed E-state index contributed by atoms with van der Waals surface area (Å²) in [5.74, 6) is 1.00. The van der Waals surface area contributed by atoms with Crippen LogP contribution < -0.4 is 4.74 Å². The molecule has 2 aromatic rings. The van der Waals surface area contributed by atoms with E-state index in [9.17, 15) is 15.0 Å². The van der Waals surface area contributed by atoms with Crippen molar-refractivity contribution in [2.75, 3.05) is 20.1 Å². The van der Waals surface area contributed by atoms with Gasteiger partial charge in [0.1, 0.15) is 6.10 Å². The van der Waals surface area contributed by atoms with Crippen LogP contribution >= 0.6 is 0 Å². The molecule has 1 aromatic carbocycles. The zero-order valence-electron chi connectivity index (χ0n) is 20.6. The van der Waals surface area contributed by atoms with Gasteiger partial charge in [-0.25, -0.2) is 0 Å². The lowest BCUT2D eigenvalue weighted by Gasteiger charge is -2.64. The Balaban J connectivity index is 1.40. The van der Waals surface area contributed by atoms with Crippen molar-refractivity contribution in [1.29, 1.82) is 0 Å². The standard InChI is InChI=1S/C28H34N2O5/c1-17(2)15-30-12-11-27-24-19-5-6-21(31)25(24)35-26(27)20(8-10-28(27,33)22(30)14-19)29(3)23(32)7-4-18-9-13-34-16-18/h4-7,9,13,16-17,20,22,26,31,33H,8,10-12,14-15H2,1-3H3/t20-,22-,26+,27+,28-/m1/s1. The maximum atomic E-state index is 13.2. The molecule has 2 aliphatic carbocycles. The van der Waals surface area contributed by atoms with Gasteiger partial charge < -0.3 is 24.3 Å². The first-order valence-corrected chi connectivity index (χ1v) is 12.7. The van der Waals surface area contributed by atoms with Gasteiger partial charge in [-0.1, -0.05) is 19.9 Å². The van der Waals surface area contributed by atoms with Crippen molar-refractivity contribution >= 4 is 12.0 Å². The minimum absolute atomic E-state index is 0.00399. The van der Waals surface area contributed by atoms with E-state index >= 15 is 0 Å². The van der Waals surface area contributed by atoms with Crippen molar-refractivity contribution in [1.82, 2.24) is 9.80 Å². The summed E-state index contributed by atoms with van der Waals surface area (Å²) in [5.41, 5.74) is 1.35. The predicted molar refractivity (Wildman–Crippen MR) is 131 cm³/mol. The zero-order valence-corrected chi connectivity index (χ0v) is 20.6. The molecular formula is C28H34N2O5. The summed E-state index contributed by atoms with van der Waals surface area (Å²) in [6.45, 7) is 6.24. The van der Waals surface area contributed by atoms with Crippen LogP contribution in [0.5, 0.6) is 11.5 Å². The molecule has 0 radical (unpaired) electrons. The number of nitrogens with zero attached hydrogens (tertiary/aromatic N) is 2. The number of carbonyl (C=O) groups excluding carboxylic acids is 1. The number of hydrogen-bond acceptors (Lipinski definition) is 6. The van der Waals surface area contributed by atoms with E-state index in [1.807, 2.05) is 13.1 Å². The number of carbonyl (C=O) groups is 1. The van der Waals surface area contributed by atoms with Gasteiger partial charge in [0.05, 0.1) is 29.6 Å². The van der Waals surface area contributed by atoms with E-state index in [1.165, 1.54) is 0 Å². The Hall–Kier alpha value is -2.77. The number of furan rings is 1. The zero-order chi connectivity index (χ0) is 24.5. The van der Waals surface area contributed by atoms with E-state index in [4.69, 9.17) is 9.15 Å². The van der Waals surface area contributed by atoms with E-state index in [0.717, 1.165) is 42.6 Å². The molecule has 7 nitrogen and oxygen atoms in total. The van der Waals surface area contributed by atoms with E-state index in [1.54, 1.807) is 41.7 Å². The molecule has 2 N–H and O–H groups in total. The topological polar surface area (TPSA) is 86.4 Å². The van der Waals surface area contributed by atoms with Crippen molar-refractivity contribution < 1.29 is 24.2 Å². The van der Waals surface area contributed by atoms with E-state index in [2.05, 4.69) is 18.7 Å². The summed E-state index contributed by atoms with van der Waals surface area (Å²) in [7, 11) is 1.81. The first-order valence-electron chi connectivity index (χ1n) is 12.7. The molecule has 3 heterocycles. The molecule has 5 atom stereocenters. The van der Waals surface area contributed by atoms with Gasteiger partial charge >= 0.3 is 0 Å². The molecule has 2 bridgehead atoms. The highest BCUT2D eigenvalue weighted by Gasteiger charge is 2.73.